The zero-order valence-corrected chi connectivity index (χ0v) is 15.4. The molecule has 0 saturated carbocycles. The van der Waals surface area contributed by atoms with E-state index in [1.165, 1.54) is 11.0 Å². The fourth-order valence-corrected chi connectivity index (χ4v) is 2.93. The molecule has 1 aliphatic rings. The van der Waals surface area contributed by atoms with Crippen molar-refractivity contribution in [2.24, 2.45) is 0 Å². The van der Waals surface area contributed by atoms with Crippen LogP contribution in [0.5, 0.6) is 0 Å². The summed E-state index contributed by atoms with van der Waals surface area (Å²) in [6.45, 7) is 0. The molecule has 1 saturated heterocycles. The number of hydrogen-bond acceptors (Lipinski definition) is 4. The maximum atomic E-state index is 12.7. The number of benzene rings is 1. The molecule has 0 atom stereocenters. The second-order valence-electron chi connectivity index (χ2n) is 4.56. The third kappa shape index (κ3) is 3.15. The number of rotatable bonds is 2. The van der Waals surface area contributed by atoms with Crippen LogP contribution in [-0.4, -0.2) is 16.9 Å². The van der Waals surface area contributed by atoms with Gasteiger partial charge in [-0.05, 0) is 68.4 Å². The minimum atomic E-state index is -0.559. The molecule has 0 unspecified atom stereocenters. The standard InChI is InChI=1S/C15H8Br2N2O3S/c16-11-7-9(22-12(11)17)6-10-13(20)18-15(23)19(14(10)21)8-4-2-1-3-5-8/h1-7H,(H,18,20,23)/b10-6+. The van der Waals surface area contributed by atoms with Gasteiger partial charge in [-0.3, -0.25) is 19.8 Å². The molecule has 23 heavy (non-hydrogen) atoms. The molecule has 0 bridgehead atoms. The van der Waals surface area contributed by atoms with Gasteiger partial charge in [-0.25, -0.2) is 0 Å². The number of para-hydroxylation sites is 1. The molecule has 0 spiro atoms. The first kappa shape index (κ1) is 16.1. The summed E-state index contributed by atoms with van der Waals surface area (Å²) in [7, 11) is 0. The van der Waals surface area contributed by atoms with E-state index < -0.39 is 11.8 Å². The van der Waals surface area contributed by atoms with Crippen LogP contribution in [-0.2, 0) is 9.59 Å². The van der Waals surface area contributed by atoms with Gasteiger partial charge in [-0.1, -0.05) is 18.2 Å². The van der Waals surface area contributed by atoms with Gasteiger partial charge in [0, 0.05) is 0 Å². The molecule has 2 heterocycles. The Bertz CT molecular complexity index is 826. The normalized spacial score (nSPS) is 16.9. The third-order valence-corrected chi connectivity index (χ3v) is 5.06. The van der Waals surface area contributed by atoms with Crippen molar-refractivity contribution < 1.29 is 14.0 Å². The fourth-order valence-electron chi connectivity index (χ4n) is 2.05. The maximum absolute atomic E-state index is 12.7. The average Bonchev–Trinajstić information content (AvgIpc) is 2.83. The van der Waals surface area contributed by atoms with Gasteiger partial charge in [-0.2, -0.15) is 0 Å². The topological polar surface area (TPSA) is 62.6 Å². The van der Waals surface area contributed by atoms with Crippen molar-refractivity contribution in [2.45, 2.75) is 0 Å². The van der Waals surface area contributed by atoms with Crippen molar-refractivity contribution in [3.63, 3.8) is 0 Å². The summed E-state index contributed by atoms with van der Waals surface area (Å²) in [6.07, 6.45) is 1.38. The first-order valence-electron chi connectivity index (χ1n) is 6.38. The molecule has 1 aliphatic heterocycles. The first-order valence-corrected chi connectivity index (χ1v) is 8.38. The van der Waals surface area contributed by atoms with Crippen LogP contribution in [0.25, 0.3) is 6.08 Å². The molecule has 1 aromatic carbocycles. The van der Waals surface area contributed by atoms with Crippen LogP contribution >= 0.6 is 44.1 Å². The lowest BCUT2D eigenvalue weighted by atomic mass is 10.1. The number of anilines is 1. The van der Waals surface area contributed by atoms with E-state index in [-0.39, 0.29) is 10.7 Å². The second-order valence-corrected chi connectivity index (χ2v) is 6.53. The van der Waals surface area contributed by atoms with Crippen molar-refractivity contribution >= 4 is 72.8 Å². The average molecular weight is 456 g/mol. The van der Waals surface area contributed by atoms with E-state index in [0.717, 1.165) is 0 Å². The summed E-state index contributed by atoms with van der Waals surface area (Å²) in [6, 6.07) is 10.5. The maximum Gasteiger partial charge on any atom is 0.270 e. The summed E-state index contributed by atoms with van der Waals surface area (Å²) < 4.78 is 6.55. The van der Waals surface area contributed by atoms with Crippen LogP contribution in [0.15, 0.2) is 55.5 Å². The number of nitrogens with one attached hydrogen (secondary N) is 1. The van der Waals surface area contributed by atoms with Crippen LogP contribution in [0.3, 0.4) is 0 Å². The van der Waals surface area contributed by atoms with Gasteiger partial charge in [0.05, 0.1) is 10.2 Å². The quantitative estimate of drug-likeness (QED) is 0.426. The summed E-state index contributed by atoms with van der Waals surface area (Å²) >= 11 is 11.6. The van der Waals surface area contributed by atoms with Gasteiger partial charge in [-0.15, -0.1) is 0 Å². The van der Waals surface area contributed by atoms with Crippen LogP contribution in [0.4, 0.5) is 5.69 Å². The highest BCUT2D eigenvalue weighted by molar-refractivity contribution is 9.13. The largest absolute Gasteiger partial charge is 0.449 e. The smallest absolute Gasteiger partial charge is 0.270 e. The van der Waals surface area contributed by atoms with Crippen molar-refractivity contribution in [3.8, 4) is 0 Å². The Hall–Kier alpha value is -1.77. The lowest BCUT2D eigenvalue weighted by molar-refractivity contribution is -0.122. The number of halogens is 2. The summed E-state index contributed by atoms with van der Waals surface area (Å²) in [4.78, 5) is 26.1. The number of carbonyl (C=O) groups excluding carboxylic acids is 2. The van der Waals surface area contributed by atoms with Crippen molar-refractivity contribution in [1.82, 2.24) is 5.32 Å². The molecule has 0 radical (unpaired) electrons. The summed E-state index contributed by atoms with van der Waals surface area (Å²) in [5.41, 5.74) is 0.520. The van der Waals surface area contributed by atoms with Gasteiger partial charge in [0.15, 0.2) is 9.78 Å². The Labute approximate surface area is 153 Å². The monoisotopic (exact) mass is 454 g/mol. The van der Waals surface area contributed by atoms with E-state index in [4.69, 9.17) is 16.6 Å². The van der Waals surface area contributed by atoms with Crippen LogP contribution < -0.4 is 10.2 Å². The molecule has 1 N–H and O–H groups in total. The Morgan fingerprint density at radius 3 is 2.48 bits per heavy atom. The lowest BCUT2D eigenvalue weighted by Crippen LogP contribution is -2.54. The Kier molecular flexibility index (Phi) is 4.47. The zero-order valence-electron chi connectivity index (χ0n) is 11.4. The summed E-state index contributed by atoms with van der Waals surface area (Å²) in [5.74, 6) is -0.701. The van der Waals surface area contributed by atoms with Gasteiger partial charge < -0.3 is 4.42 Å². The molecule has 1 fully saturated rings. The Morgan fingerprint density at radius 2 is 1.87 bits per heavy atom. The van der Waals surface area contributed by atoms with Crippen molar-refractivity contribution in [1.29, 1.82) is 0 Å². The molecular weight excluding hydrogens is 448 g/mol. The molecule has 2 amide bonds. The van der Waals surface area contributed by atoms with Crippen molar-refractivity contribution in [3.05, 3.63) is 56.9 Å². The third-order valence-electron chi connectivity index (χ3n) is 3.07. The highest BCUT2D eigenvalue weighted by atomic mass is 79.9. The molecule has 3 rings (SSSR count). The molecule has 8 heteroatoms. The van der Waals surface area contributed by atoms with E-state index in [0.29, 0.717) is 20.6 Å². The second kappa shape index (κ2) is 6.38. The Morgan fingerprint density at radius 1 is 1.17 bits per heavy atom. The molecular formula is C15H8Br2N2O3S. The number of amides is 2. The van der Waals surface area contributed by atoms with E-state index in [1.807, 2.05) is 6.07 Å². The van der Waals surface area contributed by atoms with Gasteiger partial charge in [0.2, 0.25) is 0 Å². The Balaban J connectivity index is 2.02. The molecule has 2 aromatic rings. The van der Waals surface area contributed by atoms with E-state index >= 15 is 0 Å². The molecule has 116 valence electrons. The minimum absolute atomic E-state index is 0.0464. The van der Waals surface area contributed by atoms with Gasteiger partial charge >= 0.3 is 0 Å². The van der Waals surface area contributed by atoms with E-state index in [2.05, 4.69) is 37.2 Å². The van der Waals surface area contributed by atoms with Gasteiger partial charge in [0.25, 0.3) is 11.8 Å². The summed E-state index contributed by atoms with van der Waals surface area (Å²) in [5, 5.41) is 2.56. The number of nitrogens with zero attached hydrogens (tertiary/aromatic N) is 1. The molecule has 0 aliphatic carbocycles. The predicted octanol–water partition coefficient (Wildman–Crippen LogP) is 3.64. The van der Waals surface area contributed by atoms with E-state index in [9.17, 15) is 9.59 Å². The van der Waals surface area contributed by atoms with E-state index in [1.54, 1.807) is 30.3 Å². The highest BCUT2D eigenvalue weighted by Crippen LogP contribution is 2.29. The van der Waals surface area contributed by atoms with Crippen LogP contribution in [0, 0.1) is 0 Å². The number of furan rings is 1. The van der Waals surface area contributed by atoms with Gasteiger partial charge in [0.1, 0.15) is 11.3 Å². The fraction of sp³-hybridized carbons (Fsp3) is 0. The minimum Gasteiger partial charge on any atom is -0.449 e. The van der Waals surface area contributed by atoms with Crippen molar-refractivity contribution in [2.75, 3.05) is 4.90 Å². The number of carbonyl (C=O) groups is 2. The molecule has 5 nitrogen and oxygen atoms in total. The highest BCUT2D eigenvalue weighted by Gasteiger charge is 2.34. The predicted molar refractivity (Wildman–Crippen MR) is 96.8 cm³/mol. The van der Waals surface area contributed by atoms with Crippen LogP contribution in [0.1, 0.15) is 5.76 Å². The number of hydrogen-bond donors (Lipinski definition) is 1. The first-order chi connectivity index (χ1) is 11.0. The lowest BCUT2D eigenvalue weighted by Gasteiger charge is -2.28. The SMILES string of the molecule is O=C1NC(=S)N(c2ccccc2)C(=O)/C1=C/c1cc(Br)c(Br)o1. The van der Waals surface area contributed by atoms with Crippen LogP contribution in [0.2, 0.25) is 0 Å². The zero-order chi connectivity index (χ0) is 16.6. The molecule has 1 aromatic heterocycles. The number of thiocarbonyl (C=S) groups is 1.